The summed E-state index contributed by atoms with van der Waals surface area (Å²) in [6, 6.07) is 24.8. The van der Waals surface area contributed by atoms with Crippen LogP contribution in [-0.4, -0.2) is 38.2 Å². The fourth-order valence-corrected chi connectivity index (χ4v) is 6.63. The molecule has 5 heteroatoms. The Morgan fingerprint density at radius 2 is 1.31 bits per heavy atom. The average molecular weight is 468 g/mol. The van der Waals surface area contributed by atoms with Crippen molar-refractivity contribution in [3.8, 4) is 0 Å². The van der Waals surface area contributed by atoms with Gasteiger partial charge in [0.05, 0.1) is 11.1 Å². The number of fused-ring (bicyclic) bond motifs is 7. The average Bonchev–Trinajstić information content (AvgIpc) is 3.54. The Labute approximate surface area is 205 Å². The van der Waals surface area contributed by atoms with Crippen LogP contribution in [0.4, 0.5) is 5.69 Å². The van der Waals surface area contributed by atoms with Crippen molar-refractivity contribution in [1.29, 1.82) is 0 Å². The van der Waals surface area contributed by atoms with E-state index in [9.17, 15) is 9.59 Å². The zero-order valence-electron chi connectivity index (χ0n) is 20.0. The van der Waals surface area contributed by atoms with Crippen LogP contribution in [0, 0.1) is 17.8 Å². The SMILES string of the molecule is CN(C)c1ccc2c(c1)CC1C3CC(C(OC(=O)c4ccccc4)C3OC(=O)c3ccccc3)C21. The fraction of sp³-hybridized carbons (Fsp3) is 0.333. The maximum atomic E-state index is 13.1. The molecule has 2 saturated carbocycles. The standard InChI is InChI=1S/C30H29NO4/c1-31(2)21-13-14-22-20(15-21)16-23-24-17-25(26(22)23)28(35-30(33)19-11-7-4-8-12-19)27(24)34-29(32)18-9-5-3-6-10-18/h3-15,23-28H,16-17H2,1-2H3. The fourth-order valence-electron chi connectivity index (χ4n) is 6.63. The van der Waals surface area contributed by atoms with E-state index < -0.39 is 12.2 Å². The summed E-state index contributed by atoms with van der Waals surface area (Å²) in [5, 5.41) is 0. The van der Waals surface area contributed by atoms with Gasteiger partial charge in [-0.25, -0.2) is 9.59 Å². The summed E-state index contributed by atoms with van der Waals surface area (Å²) >= 11 is 0. The first kappa shape index (κ1) is 21.9. The first-order valence-corrected chi connectivity index (χ1v) is 12.3. The number of hydrogen-bond acceptors (Lipinski definition) is 5. The third kappa shape index (κ3) is 3.70. The lowest BCUT2D eigenvalue weighted by Crippen LogP contribution is -2.45. The van der Waals surface area contributed by atoms with Gasteiger partial charge < -0.3 is 14.4 Å². The first-order chi connectivity index (χ1) is 17.0. The van der Waals surface area contributed by atoms with Crippen molar-refractivity contribution in [2.45, 2.75) is 31.0 Å². The third-order valence-corrected chi connectivity index (χ3v) is 8.15. The van der Waals surface area contributed by atoms with E-state index in [1.807, 2.05) is 36.4 Å². The molecule has 0 N–H and O–H groups in total. The highest BCUT2D eigenvalue weighted by atomic mass is 16.6. The lowest BCUT2D eigenvalue weighted by Gasteiger charge is -2.37. The van der Waals surface area contributed by atoms with Crippen LogP contribution in [-0.2, 0) is 15.9 Å². The largest absolute Gasteiger partial charge is 0.455 e. The second-order valence-electron chi connectivity index (χ2n) is 10.2. The second-order valence-corrected chi connectivity index (χ2v) is 10.2. The van der Waals surface area contributed by atoms with Gasteiger partial charge >= 0.3 is 11.9 Å². The van der Waals surface area contributed by atoms with Crippen LogP contribution >= 0.6 is 0 Å². The van der Waals surface area contributed by atoms with Crippen molar-refractivity contribution >= 4 is 17.6 Å². The molecule has 0 amide bonds. The molecule has 3 aromatic rings. The monoisotopic (exact) mass is 467 g/mol. The lowest BCUT2D eigenvalue weighted by molar-refractivity contribution is -0.0698. The molecule has 0 heterocycles. The minimum absolute atomic E-state index is 0.137. The van der Waals surface area contributed by atoms with Crippen LogP contribution in [0.2, 0.25) is 0 Å². The van der Waals surface area contributed by atoms with Crippen molar-refractivity contribution in [2.75, 3.05) is 19.0 Å². The van der Waals surface area contributed by atoms with E-state index in [0.29, 0.717) is 23.0 Å². The number of benzene rings is 3. The molecule has 6 unspecified atom stereocenters. The quantitative estimate of drug-likeness (QED) is 0.488. The number of rotatable bonds is 5. The number of carbonyl (C=O) groups excluding carboxylic acids is 2. The number of hydrogen-bond donors (Lipinski definition) is 0. The predicted octanol–water partition coefficient (Wildman–Crippen LogP) is 5.11. The maximum Gasteiger partial charge on any atom is 0.338 e. The molecule has 0 aliphatic heterocycles. The maximum absolute atomic E-state index is 13.1. The van der Waals surface area contributed by atoms with Gasteiger partial charge in [0.1, 0.15) is 12.2 Å². The van der Waals surface area contributed by atoms with Crippen LogP contribution < -0.4 is 4.90 Å². The Bertz CT molecular complexity index is 1260. The van der Waals surface area contributed by atoms with Crippen molar-refractivity contribution < 1.29 is 19.1 Å². The van der Waals surface area contributed by atoms with Crippen molar-refractivity contribution in [3.63, 3.8) is 0 Å². The lowest BCUT2D eigenvalue weighted by atomic mass is 9.76. The number of ether oxygens (including phenoxy) is 2. The van der Waals surface area contributed by atoms with Gasteiger partial charge in [-0.3, -0.25) is 0 Å². The first-order valence-electron chi connectivity index (χ1n) is 12.3. The Morgan fingerprint density at radius 3 is 1.89 bits per heavy atom. The molecule has 6 atom stereocenters. The summed E-state index contributed by atoms with van der Waals surface area (Å²) in [7, 11) is 4.11. The molecule has 35 heavy (non-hydrogen) atoms. The number of nitrogens with zero attached hydrogens (tertiary/aromatic N) is 1. The smallest absolute Gasteiger partial charge is 0.338 e. The van der Waals surface area contributed by atoms with Crippen molar-refractivity contribution in [1.82, 2.24) is 0 Å². The molecule has 2 bridgehead atoms. The molecular formula is C30H29NO4. The second kappa shape index (κ2) is 8.56. The molecule has 3 aliphatic rings. The third-order valence-electron chi connectivity index (χ3n) is 8.15. The Morgan fingerprint density at radius 1 is 0.743 bits per heavy atom. The molecular weight excluding hydrogens is 438 g/mol. The van der Waals surface area contributed by atoms with Crippen LogP contribution in [0.1, 0.15) is 44.2 Å². The van der Waals surface area contributed by atoms with Crippen LogP contribution in [0.15, 0.2) is 78.9 Å². The Kier molecular flexibility index (Phi) is 5.36. The molecule has 5 nitrogen and oxygen atoms in total. The van der Waals surface area contributed by atoms with Crippen molar-refractivity contribution in [2.24, 2.45) is 17.8 Å². The van der Waals surface area contributed by atoms with Gasteiger partial charge in [-0.05, 0) is 72.2 Å². The Hall–Kier alpha value is -3.60. The van der Waals surface area contributed by atoms with Gasteiger partial charge in [0.15, 0.2) is 0 Å². The molecule has 6 rings (SSSR count). The van der Waals surface area contributed by atoms with Gasteiger partial charge in [-0.2, -0.15) is 0 Å². The zero-order chi connectivity index (χ0) is 24.1. The van der Waals surface area contributed by atoms with Crippen molar-refractivity contribution in [3.05, 3.63) is 101 Å². The molecule has 3 aromatic carbocycles. The van der Waals surface area contributed by atoms with E-state index in [0.717, 1.165) is 12.8 Å². The van der Waals surface area contributed by atoms with Gasteiger partial charge in [0.2, 0.25) is 0 Å². The van der Waals surface area contributed by atoms with Gasteiger partial charge in [-0.1, -0.05) is 42.5 Å². The normalized spacial score (nSPS) is 27.7. The van der Waals surface area contributed by atoms with Gasteiger partial charge in [0, 0.05) is 31.6 Å². The van der Waals surface area contributed by atoms with Gasteiger partial charge in [0.25, 0.3) is 0 Å². The minimum atomic E-state index is -0.457. The summed E-state index contributed by atoms with van der Waals surface area (Å²) in [4.78, 5) is 28.2. The molecule has 0 aromatic heterocycles. The number of anilines is 1. The molecule has 0 saturated heterocycles. The number of carbonyl (C=O) groups is 2. The summed E-state index contributed by atoms with van der Waals surface area (Å²) < 4.78 is 12.3. The van der Waals surface area contributed by atoms with E-state index in [2.05, 4.69) is 37.2 Å². The highest BCUT2D eigenvalue weighted by Crippen LogP contribution is 2.63. The van der Waals surface area contributed by atoms with E-state index in [-0.39, 0.29) is 23.8 Å². The summed E-state index contributed by atoms with van der Waals surface area (Å²) in [6.07, 6.45) is 0.982. The van der Waals surface area contributed by atoms with E-state index >= 15 is 0 Å². The molecule has 0 spiro atoms. The number of esters is 2. The molecule has 178 valence electrons. The van der Waals surface area contributed by atoms with Crippen LogP contribution in [0.25, 0.3) is 0 Å². The van der Waals surface area contributed by atoms with E-state index in [1.165, 1.54) is 16.8 Å². The summed E-state index contributed by atoms with van der Waals surface area (Å²) in [6.45, 7) is 0. The molecule has 3 aliphatic carbocycles. The highest BCUT2D eigenvalue weighted by molar-refractivity contribution is 5.90. The minimum Gasteiger partial charge on any atom is -0.455 e. The van der Waals surface area contributed by atoms with E-state index in [1.54, 1.807) is 24.3 Å². The topological polar surface area (TPSA) is 55.8 Å². The summed E-state index contributed by atoms with van der Waals surface area (Å²) in [5.74, 6) is 0.311. The van der Waals surface area contributed by atoms with Crippen LogP contribution in [0.3, 0.4) is 0 Å². The summed E-state index contributed by atoms with van der Waals surface area (Å²) in [5.41, 5.74) is 4.95. The van der Waals surface area contributed by atoms with Crippen LogP contribution in [0.5, 0.6) is 0 Å². The predicted molar refractivity (Wildman–Crippen MR) is 134 cm³/mol. The Balaban J connectivity index is 1.32. The molecule has 2 fully saturated rings. The van der Waals surface area contributed by atoms with Gasteiger partial charge in [-0.15, -0.1) is 0 Å². The van der Waals surface area contributed by atoms with E-state index in [4.69, 9.17) is 9.47 Å². The molecule has 0 radical (unpaired) electrons. The zero-order valence-corrected chi connectivity index (χ0v) is 20.0. The highest BCUT2D eigenvalue weighted by Gasteiger charge is 2.63.